The highest BCUT2D eigenvalue weighted by Gasteiger charge is 2.21. The lowest BCUT2D eigenvalue weighted by Crippen LogP contribution is -2.26. The molecule has 0 aliphatic carbocycles. The molecule has 1 fully saturated rings. The van der Waals surface area contributed by atoms with E-state index in [1.165, 1.54) is 51.9 Å². The Balaban J connectivity index is 1.80. The zero-order valence-corrected chi connectivity index (χ0v) is 11.5. The highest BCUT2D eigenvalue weighted by molar-refractivity contribution is 7.12. The smallest absolute Gasteiger partial charge is 0.0327 e. The molecule has 0 unspecified atom stereocenters. The fourth-order valence-electron chi connectivity index (χ4n) is 3.01. The number of piperidine rings is 1. The van der Waals surface area contributed by atoms with Gasteiger partial charge in [-0.15, -0.1) is 11.3 Å². The van der Waals surface area contributed by atoms with Gasteiger partial charge >= 0.3 is 0 Å². The Bertz CT molecular complexity index is 380. The van der Waals surface area contributed by atoms with E-state index in [-0.39, 0.29) is 0 Å². The highest BCUT2D eigenvalue weighted by Crippen LogP contribution is 2.35. The van der Waals surface area contributed by atoms with E-state index in [2.05, 4.69) is 34.7 Å². The minimum atomic E-state index is 0.832. The molecule has 1 aromatic rings. The van der Waals surface area contributed by atoms with Crippen LogP contribution in [0.1, 0.15) is 40.5 Å². The molecular formula is C14H22N2S. The third-order valence-electron chi connectivity index (χ3n) is 4.06. The SMILES string of the molecule is CN1CCCc2cc(C3CCNCC3)sc2C1. The molecule has 0 spiro atoms. The largest absolute Gasteiger partial charge is 0.317 e. The van der Waals surface area contributed by atoms with E-state index in [9.17, 15) is 0 Å². The van der Waals surface area contributed by atoms with Crippen molar-refractivity contribution in [2.24, 2.45) is 0 Å². The van der Waals surface area contributed by atoms with Crippen LogP contribution in [0.15, 0.2) is 6.07 Å². The number of nitrogens with one attached hydrogen (secondary N) is 1. The minimum absolute atomic E-state index is 0.832. The minimum Gasteiger partial charge on any atom is -0.317 e. The Morgan fingerprint density at radius 2 is 2.18 bits per heavy atom. The monoisotopic (exact) mass is 250 g/mol. The second-order valence-electron chi connectivity index (χ2n) is 5.46. The number of nitrogens with zero attached hydrogens (tertiary/aromatic N) is 1. The van der Waals surface area contributed by atoms with E-state index >= 15 is 0 Å². The van der Waals surface area contributed by atoms with Gasteiger partial charge in [0.1, 0.15) is 0 Å². The summed E-state index contributed by atoms with van der Waals surface area (Å²) in [4.78, 5) is 5.76. The highest BCUT2D eigenvalue weighted by atomic mass is 32.1. The van der Waals surface area contributed by atoms with Crippen molar-refractivity contribution in [1.29, 1.82) is 0 Å². The first-order valence-electron chi connectivity index (χ1n) is 6.83. The molecule has 0 amide bonds. The van der Waals surface area contributed by atoms with Crippen molar-refractivity contribution >= 4 is 11.3 Å². The molecule has 2 aliphatic rings. The van der Waals surface area contributed by atoms with Gasteiger partial charge < -0.3 is 10.2 Å². The van der Waals surface area contributed by atoms with Gasteiger partial charge in [-0.1, -0.05) is 0 Å². The second-order valence-corrected chi connectivity index (χ2v) is 6.63. The van der Waals surface area contributed by atoms with Gasteiger partial charge in [0.05, 0.1) is 0 Å². The van der Waals surface area contributed by atoms with Crippen molar-refractivity contribution in [2.75, 3.05) is 26.7 Å². The van der Waals surface area contributed by atoms with Crippen LogP contribution in [0.3, 0.4) is 0 Å². The molecule has 0 saturated carbocycles. The molecule has 94 valence electrons. The van der Waals surface area contributed by atoms with Crippen LogP contribution >= 0.6 is 11.3 Å². The summed E-state index contributed by atoms with van der Waals surface area (Å²) in [6.45, 7) is 4.83. The second kappa shape index (κ2) is 5.09. The maximum atomic E-state index is 3.46. The van der Waals surface area contributed by atoms with E-state index in [0.29, 0.717) is 0 Å². The molecule has 0 aromatic carbocycles. The maximum absolute atomic E-state index is 3.46. The van der Waals surface area contributed by atoms with Crippen LogP contribution in [-0.4, -0.2) is 31.6 Å². The number of fused-ring (bicyclic) bond motifs is 1. The molecule has 3 rings (SSSR count). The van der Waals surface area contributed by atoms with Gasteiger partial charge in [-0.3, -0.25) is 0 Å². The molecule has 0 atom stereocenters. The standard InChI is InChI=1S/C14H22N2S/c1-16-8-2-3-12-9-13(17-14(12)10-16)11-4-6-15-7-5-11/h9,11,15H,2-8,10H2,1H3. The van der Waals surface area contributed by atoms with Crippen LogP contribution in [0.25, 0.3) is 0 Å². The topological polar surface area (TPSA) is 15.3 Å². The van der Waals surface area contributed by atoms with Crippen LogP contribution in [-0.2, 0) is 13.0 Å². The molecule has 2 aliphatic heterocycles. The van der Waals surface area contributed by atoms with Crippen LogP contribution in [0, 0.1) is 0 Å². The Morgan fingerprint density at radius 3 is 3.00 bits per heavy atom. The number of thiophene rings is 1. The summed E-state index contributed by atoms with van der Waals surface area (Å²) in [5.74, 6) is 0.832. The average molecular weight is 250 g/mol. The summed E-state index contributed by atoms with van der Waals surface area (Å²) < 4.78 is 0. The van der Waals surface area contributed by atoms with Crippen molar-refractivity contribution in [3.8, 4) is 0 Å². The number of aryl methyl sites for hydroxylation is 1. The molecule has 1 aromatic heterocycles. The lowest BCUT2D eigenvalue weighted by atomic mass is 9.95. The van der Waals surface area contributed by atoms with E-state index in [4.69, 9.17) is 0 Å². The molecule has 2 nitrogen and oxygen atoms in total. The van der Waals surface area contributed by atoms with Crippen LogP contribution in [0.5, 0.6) is 0 Å². The van der Waals surface area contributed by atoms with Crippen LogP contribution in [0.4, 0.5) is 0 Å². The summed E-state index contributed by atoms with van der Waals surface area (Å²) in [7, 11) is 2.25. The van der Waals surface area contributed by atoms with Crippen LogP contribution in [0.2, 0.25) is 0 Å². The van der Waals surface area contributed by atoms with Crippen molar-refractivity contribution in [1.82, 2.24) is 10.2 Å². The lowest BCUT2D eigenvalue weighted by Gasteiger charge is -2.21. The molecule has 17 heavy (non-hydrogen) atoms. The third-order valence-corrected chi connectivity index (χ3v) is 5.38. The fourth-order valence-corrected chi connectivity index (χ4v) is 4.47. The summed E-state index contributed by atoms with van der Waals surface area (Å²) >= 11 is 2.09. The Hall–Kier alpha value is -0.380. The summed E-state index contributed by atoms with van der Waals surface area (Å²) in [5, 5.41) is 3.46. The van der Waals surface area contributed by atoms with Crippen molar-refractivity contribution in [3.05, 3.63) is 21.4 Å². The van der Waals surface area contributed by atoms with Gasteiger partial charge in [0.15, 0.2) is 0 Å². The van der Waals surface area contributed by atoms with E-state index in [1.54, 1.807) is 15.3 Å². The number of hydrogen-bond donors (Lipinski definition) is 1. The van der Waals surface area contributed by atoms with E-state index in [0.717, 1.165) is 5.92 Å². The van der Waals surface area contributed by atoms with E-state index < -0.39 is 0 Å². The summed E-state index contributed by atoms with van der Waals surface area (Å²) in [5.41, 5.74) is 1.65. The average Bonchev–Trinajstić information content (AvgIpc) is 2.66. The van der Waals surface area contributed by atoms with Crippen LogP contribution < -0.4 is 5.32 Å². The van der Waals surface area contributed by atoms with Gasteiger partial charge in [-0.05, 0) is 69.9 Å². The third kappa shape index (κ3) is 2.56. The first kappa shape index (κ1) is 11.7. The zero-order valence-electron chi connectivity index (χ0n) is 10.7. The van der Waals surface area contributed by atoms with Crippen molar-refractivity contribution in [3.63, 3.8) is 0 Å². The molecular weight excluding hydrogens is 228 g/mol. The van der Waals surface area contributed by atoms with Gasteiger partial charge in [0, 0.05) is 16.3 Å². The number of rotatable bonds is 1. The molecule has 3 heteroatoms. The van der Waals surface area contributed by atoms with E-state index in [1.807, 2.05) is 0 Å². The lowest BCUT2D eigenvalue weighted by molar-refractivity contribution is 0.334. The Kier molecular flexibility index (Phi) is 3.50. The first-order chi connectivity index (χ1) is 8.33. The van der Waals surface area contributed by atoms with Gasteiger partial charge in [0.2, 0.25) is 0 Å². The molecule has 1 saturated heterocycles. The number of hydrogen-bond acceptors (Lipinski definition) is 3. The molecule has 3 heterocycles. The van der Waals surface area contributed by atoms with Crippen molar-refractivity contribution < 1.29 is 0 Å². The van der Waals surface area contributed by atoms with Gasteiger partial charge in [0.25, 0.3) is 0 Å². The maximum Gasteiger partial charge on any atom is 0.0327 e. The summed E-state index contributed by atoms with van der Waals surface area (Å²) in [6.07, 6.45) is 5.28. The molecule has 0 radical (unpaired) electrons. The quantitative estimate of drug-likeness (QED) is 0.824. The first-order valence-corrected chi connectivity index (χ1v) is 7.65. The fraction of sp³-hybridized carbons (Fsp3) is 0.714. The van der Waals surface area contributed by atoms with Gasteiger partial charge in [-0.25, -0.2) is 0 Å². The van der Waals surface area contributed by atoms with Gasteiger partial charge in [-0.2, -0.15) is 0 Å². The summed E-state index contributed by atoms with van der Waals surface area (Å²) in [6, 6.07) is 2.52. The molecule has 1 N–H and O–H groups in total. The normalized spacial score (nSPS) is 23.4. The Morgan fingerprint density at radius 1 is 1.35 bits per heavy atom. The molecule has 0 bridgehead atoms. The van der Waals surface area contributed by atoms with Crippen molar-refractivity contribution in [2.45, 2.75) is 38.1 Å². The predicted molar refractivity (Wildman–Crippen MR) is 73.8 cm³/mol. The predicted octanol–water partition coefficient (Wildman–Crippen LogP) is 2.59. The zero-order chi connectivity index (χ0) is 11.7. The Labute approximate surface area is 108 Å².